The smallest absolute Gasteiger partial charge is 0.433 e. The van der Waals surface area contributed by atoms with Crippen molar-refractivity contribution in [3.8, 4) is 5.88 Å². The molecule has 0 aliphatic carbocycles. The first-order valence-electron chi connectivity index (χ1n) is 4.59. The lowest BCUT2D eigenvalue weighted by atomic mass is 10.2. The Morgan fingerprint density at radius 3 is 2.65 bits per heavy atom. The zero-order valence-electron chi connectivity index (χ0n) is 8.82. The van der Waals surface area contributed by atoms with Crippen molar-refractivity contribution in [2.45, 2.75) is 13.1 Å². The lowest BCUT2D eigenvalue weighted by Gasteiger charge is -2.11. The highest BCUT2D eigenvalue weighted by Gasteiger charge is 2.33. The predicted molar refractivity (Wildman–Crippen MR) is 52.9 cm³/mol. The second-order valence-electron chi connectivity index (χ2n) is 2.97. The number of hydrogen-bond acceptors (Lipinski definition) is 4. The largest absolute Gasteiger partial charge is 0.477 e. The van der Waals surface area contributed by atoms with Gasteiger partial charge < -0.3 is 15.7 Å². The van der Waals surface area contributed by atoms with E-state index < -0.39 is 11.9 Å². The summed E-state index contributed by atoms with van der Waals surface area (Å²) in [5.41, 5.74) is 4.18. The second-order valence-corrected chi connectivity index (χ2v) is 2.97. The summed E-state index contributed by atoms with van der Waals surface area (Å²) in [6.07, 6.45) is -4.57. The van der Waals surface area contributed by atoms with Crippen LogP contribution in [-0.2, 0) is 6.18 Å². The molecule has 1 rings (SSSR count). The van der Waals surface area contributed by atoms with Gasteiger partial charge >= 0.3 is 6.18 Å². The highest BCUT2D eigenvalue weighted by atomic mass is 19.4. The molecule has 3 N–H and O–H groups in total. The minimum atomic E-state index is -4.57. The number of rotatable bonds is 3. The Morgan fingerprint density at radius 2 is 2.18 bits per heavy atom. The van der Waals surface area contributed by atoms with E-state index in [-0.39, 0.29) is 23.9 Å². The monoisotopic (exact) mass is 249 g/mol. The standard InChI is InChI=1S/C9H10F3N3O2/c1-2-17-8-5(7(13)15-16)3-4-6(14-8)9(10,11)12/h3-4,16H,2H2,1H3,(H2,13,15). The zero-order valence-corrected chi connectivity index (χ0v) is 8.82. The number of nitrogens with two attached hydrogens (primary N) is 1. The van der Waals surface area contributed by atoms with E-state index in [4.69, 9.17) is 15.7 Å². The molecule has 0 aromatic carbocycles. The number of nitrogens with zero attached hydrogens (tertiary/aromatic N) is 2. The third-order valence-electron chi connectivity index (χ3n) is 1.82. The van der Waals surface area contributed by atoms with Gasteiger partial charge in [-0.05, 0) is 19.1 Å². The van der Waals surface area contributed by atoms with Crippen LogP contribution in [0.1, 0.15) is 18.2 Å². The van der Waals surface area contributed by atoms with Crippen LogP contribution >= 0.6 is 0 Å². The van der Waals surface area contributed by atoms with Gasteiger partial charge in [-0.3, -0.25) is 0 Å². The van der Waals surface area contributed by atoms with Crippen LogP contribution in [0.15, 0.2) is 17.3 Å². The molecule has 0 atom stereocenters. The molecule has 0 spiro atoms. The van der Waals surface area contributed by atoms with Crippen molar-refractivity contribution in [2.75, 3.05) is 6.61 Å². The Balaban J connectivity index is 3.27. The zero-order chi connectivity index (χ0) is 13.1. The number of halogens is 3. The quantitative estimate of drug-likeness (QED) is 0.369. The molecule has 0 fully saturated rings. The molecule has 5 nitrogen and oxygen atoms in total. The van der Waals surface area contributed by atoms with Crippen molar-refractivity contribution in [1.82, 2.24) is 4.98 Å². The number of hydrogen-bond donors (Lipinski definition) is 2. The van der Waals surface area contributed by atoms with E-state index in [9.17, 15) is 13.2 Å². The van der Waals surface area contributed by atoms with E-state index in [2.05, 4.69) is 10.1 Å². The summed E-state index contributed by atoms with van der Waals surface area (Å²) in [5.74, 6) is -0.688. The summed E-state index contributed by atoms with van der Waals surface area (Å²) in [6.45, 7) is 1.69. The molecule has 1 heterocycles. The minimum absolute atomic E-state index is 0.00218. The third kappa shape index (κ3) is 2.99. The first-order chi connectivity index (χ1) is 7.90. The molecule has 0 amide bonds. The molecule has 1 aromatic heterocycles. The van der Waals surface area contributed by atoms with Gasteiger partial charge in [0.15, 0.2) is 5.84 Å². The summed E-state index contributed by atoms with van der Waals surface area (Å²) in [7, 11) is 0. The van der Waals surface area contributed by atoms with Crippen LogP contribution in [0.4, 0.5) is 13.2 Å². The molecule has 1 aromatic rings. The lowest BCUT2D eigenvalue weighted by Crippen LogP contribution is -2.18. The number of amidine groups is 1. The van der Waals surface area contributed by atoms with Crippen molar-refractivity contribution in [3.63, 3.8) is 0 Å². The Morgan fingerprint density at radius 1 is 1.53 bits per heavy atom. The highest BCUT2D eigenvalue weighted by Crippen LogP contribution is 2.30. The van der Waals surface area contributed by atoms with E-state index in [1.165, 1.54) is 0 Å². The molecular weight excluding hydrogens is 239 g/mol. The minimum Gasteiger partial charge on any atom is -0.477 e. The number of aromatic nitrogens is 1. The van der Waals surface area contributed by atoms with Gasteiger partial charge in [-0.1, -0.05) is 5.16 Å². The van der Waals surface area contributed by atoms with Crippen molar-refractivity contribution < 1.29 is 23.1 Å². The Bertz CT molecular complexity index is 432. The van der Waals surface area contributed by atoms with Gasteiger partial charge in [-0.2, -0.15) is 13.2 Å². The Hall–Kier alpha value is -1.99. The van der Waals surface area contributed by atoms with Gasteiger partial charge in [0.05, 0.1) is 12.2 Å². The summed E-state index contributed by atoms with van der Waals surface area (Å²) in [4.78, 5) is 3.28. The van der Waals surface area contributed by atoms with Gasteiger partial charge in [0.2, 0.25) is 5.88 Å². The molecular formula is C9H10F3N3O2. The van der Waals surface area contributed by atoms with Crippen molar-refractivity contribution >= 4 is 5.84 Å². The van der Waals surface area contributed by atoms with Crippen LogP contribution in [0, 0.1) is 0 Å². The van der Waals surface area contributed by atoms with Crippen molar-refractivity contribution in [3.05, 3.63) is 23.4 Å². The molecule has 17 heavy (non-hydrogen) atoms. The maximum atomic E-state index is 12.4. The molecule has 94 valence electrons. The fourth-order valence-corrected chi connectivity index (χ4v) is 1.09. The average molecular weight is 249 g/mol. The van der Waals surface area contributed by atoms with Gasteiger partial charge in [-0.25, -0.2) is 4.98 Å². The molecule has 0 radical (unpaired) electrons. The molecule has 0 unspecified atom stereocenters. The van der Waals surface area contributed by atoms with Crippen LogP contribution in [-0.4, -0.2) is 22.6 Å². The fraction of sp³-hybridized carbons (Fsp3) is 0.333. The van der Waals surface area contributed by atoms with Crippen LogP contribution in [0.3, 0.4) is 0 Å². The summed E-state index contributed by atoms with van der Waals surface area (Å²) >= 11 is 0. The summed E-state index contributed by atoms with van der Waals surface area (Å²) in [6, 6.07) is 1.77. The molecule has 8 heteroatoms. The van der Waals surface area contributed by atoms with E-state index in [0.717, 1.165) is 12.1 Å². The number of alkyl halides is 3. The summed E-state index contributed by atoms with van der Waals surface area (Å²) < 4.78 is 42.1. The summed E-state index contributed by atoms with van der Waals surface area (Å²) in [5, 5.41) is 11.2. The van der Waals surface area contributed by atoms with E-state index >= 15 is 0 Å². The Labute approximate surface area is 94.7 Å². The van der Waals surface area contributed by atoms with Gasteiger partial charge in [-0.15, -0.1) is 0 Å². The number of oxime groups is 1. The van der Waals surface area contributed by atoms with E-state index in [1.54, 1.807) is 6.92 Å². The Kier molecular flexibility index (Phi) is 3.77. The van der Waals surface area contributed by atoms with Crippen molar-refractivity contribution in [2.24, 2.45) is 10.9 Å². The van der Waals surface area contributed by atoms with Gasteiger partial charge in [0, 0.05) is 0 Å². The van der Waals surface area contributed by atoms with E-state index in [1.807, 2.05) is 0 Å². The van der Waals surface area contributed by atoms with Crippen LogP contribution in [0.5, 0.6) is 5.88 Å². The second kappa shape index (κ2) is 4.89. The van der Waals surface area contributed by atoms with Crippen molar-refractivity contribution in [1.29, 1.82) is 0 Å². The first kappa shape index (κ1) is 13.1. The number of pyridine rings is 1. The maximum Gasteiger partial charge on any atom is 0.433 e. The fourth-order valence-electron chi connectivity index (χ4n) is 1.09. The van der Waals surface area contributed by atoms with Crippen LogP contribution in [0.25, 0.3) is 0 Å². The maximum absolute atomic E-state index is 12.4. The third-order valence-corrected chi connectivity index (χ3v) is 1.82. The molecule has 0 aliphatic heterocycles. The molecule has 0 bridgehead atoms. The molecule has 0 aliphatic rings. The SMILES string of the molecule is CCOc1nc(C(F)(F)F)ccc1/C(N)=N/O. The average Bonchev–Trinajstić information content (AvgIpc) is 2.27. The lowest BCUT2D eigenvalue weighted by molar-refractivity contribution is -0.141. The van der Waals surface area contributed by atoms with Crippen LogP contribution < -0.4 is 10.5 Å². The van der Waals surface area contributed by atoms with E-state index in [0.29, 0.717) is 0 Å². The predicted octanol–water partition coefficient (Wildman–Crippen LogP) is 1.59. The normalized spacial score (nSPS) is 12.6. The molecule has 0 saturated carbocycles. The first-order valence-corrected chi connectivity index (χ1v) is 4.59. The van der Waals surface area contributed by atoms with Crippen LogP contribution in [0.2, 0.25) is 0 Å². The highest BCUT2D eigenvalue weighted by molar-refractivity contribution is 5.99. The topological polar surface area (TPSA) is 80.7 Å². The van der Waals surface area contributed by atoms with Gasteiger partial charge in [0.1, 0.15) is 5.69 Å². The van der Waals surface area contributed by atoms with Gasteiger partial charge in [0.25, 0.3) is 0 Å². The molecule has 0 saturated heterocycles. The number of ether oxygens (including phenoxy) is 1.